The first kappa shape index (κ1) is 11.3. The Hall–Kier alpha value is -0.760. The zero-order valence-electron chi connectivity index (χ0n) is 8.22. The third-order valence-electron chi connectivity index (χ3n) is 1.70. The maximum atomic E-state index is 8.63. The van der Waals surface area contributed by atoms with Crippen molar-refractivity contribution in [3.63, 3.8) is 0 Å². The van der Waals surface area contributed by atoms with Gasteiger partial charge in [-0.2, -0.15) is 0 Å². The fraction of sp³-hybridized carbons (Fsp3) is 0. The predicted molar refractivity (Wildman–Crippen MR) is 59.9 cm³/mol. The number of aromatic hydroxyl groups is 1. The van der Waals surface area contributed by atoms with Crippen LogP contribution >= 0.6 is 0 Å². The molecule has 0 radical (unpaired) electrons. The third kappa shape index (κ3) is 5.07. The molecule has 0 saturated heterocycles. The quantitative estimate of drug-likeness (QED) is 0.635. The van der Waals surface area contributed by atoms with Crippen molar-refractivity contribution in [2.75, 3.05) is 0 Å². The molecule has 0 atom stereocenters. The zero-order chi connectivity index (χ0) is 10.2. The number of phenolic OH excluding ortho intramolecular Hbond substituents is 1. The Morgan fingerprint density at radius 1 is 0.714 bits per heavy atom. The van der Waals surface area contributed by atoms with Crippen LogP contribution in [0.4, 0.5) is 0 Å². The van der Waals surface area contributed by atoms with Gasteiger partial charge in [-0.1, -0.05) is 18.2 Å². The molecule has 66 valence electrons. The zero-order valence-corrected chi connectivity index (χ0v) is 10.2. The van der Waals surface area contributed by atoms with Gasteiger partial charge in [0.1, 0.15) is 5.75 Å². The van der Waals surface area contributed by atoms with Gasteiger partial charge < -0.3 is 5.11 Å². The Morgan fingerprint density at radius 3 is 1.36 bits per heavy atom. The molecule has 1 nitrogen and oxygen atoms in total. The molecule has 0 aliphatic carbocycles. The van der Waals surface area contributed by atoms with Crippen LogP contribution in [0.3, 0.4) is 0 Å². The number of benzene rings is 2. The molecule has 0 bridgehead atoms. The van der Waals surface area contributed by atoms with E-state index >= 15 is 0 Å². The van der Waals surface area contributed by atoms with E-state index in [9.17, 15) is 0 Å². The average Bonchev–Trinajstić information content (AvgIpc) is 2.21. The Bertz CT molecular complexity index is 308. The van der Waals surface area contributed by atoms with Gasteiger partial charge in [0.25, 0.3) is 0 Å². The first-order valence-electron chi connectivity index (χ1n) is 4.54. The summed E-state index contributed by atoms with van der Waals surface area (Å²) in [5.74, 6) is 0.322. The first-order valence-corrected chi connectivity index (χ1v) is 5.54. The van der Waals surface area contributed by atoms with E-state index in [0.29, 0.717) is 5.75 Å². The SMILES string of the molecule is Oc1ccccc1.[Na][c]1ccccc1. The number of hydrogen-bond acceptors (Lipinski definition) is 1. The van der Waals surface area contributed by atoms with Crippen LogP contribution in [0.15, 0.2) is 60.7 Å². The fourth-order valence-electron chi connectivity index (χ4n) is 0.962. The van der Waals surface area contributed by atoms with Gasteiger partial charge in [0.05, 0.1) is 0 Å². The summed E-state index contributed by atoms with van der Waals surface area (Å²) >= 11 is 1.17. The monoisotopic (exact) mass is 194 g/mol. The Labute approximate surface area is 102 Å². The number of rotatable bonds is 0. The molecule has 2 heteroatoms. The second-order valence-corrected chi connectivity index (χ2v) is 4.14. The van der Waals surface area contributed by atoms with Crippen LogP contribution < -0.4 is 2.81 Å². The van der Waals surface area contributed by atoms with Crippen LogP contribution in [0, 0.1) is 0 Å². The summed E-state index contributed by atoms with van der Waals surface area (Å²) in [6, 6.07) is 19.2. The van der Waals surface area contributed by atoms with E-state index in [1.54, 1.807) is 24.3 Å². The molecule has 2 aromatic rings. The minimum absolute atomic E-state index is 0.322. The Morgan fingerprint density at radius 2 is 1.14 bits per heavy atom. The summed E-state index contributed by atoms with van der Waals surface area (Å²) in [7, 11) is 0. The van der Waals surface area contributed by atoms with E-state index in [-0.39, 0.29) is 0 Å². The Kier molecular flexibility index (Phi) is 5.38. The molecular formula is C12H11NaO. The molecule has 0 saturated carbocycles. The van der Waals surface area contributed by atoms with Gasteiger partial charge in [-0.05, 0) is 12.1 Å². The molecule has 0 aromatic heterocycles. The molecule has 0 unspecified atom stereocenters. The van der Waals surface area contributed by atoms with Gasteiger partial charge in [0.2, 0.25) is 0 Å². The van der Waals surface area contributed by atoms with Gasteiger partial charge in [-0.3, -0.25) is 0 Å². The first-order chi connectivity index (χ1) is 6.79. The molecule has 0 spiro atoms. The molecule has 14 heavy (non-hydrogen) atoms. The second kappa shape index (κ2) is 6.66. The van der Waals surface area contributed by atoms with Crippen molar-refractivity contribution < 1.29 is 5.11 Å². The number of phenols is 1. The topological polar surface area (TPSA) is 20.2 Å². The van der Waals surface area contributed by atoms with Crippen molar-refractivity contribution in [2.24, 2.45) is 0 Å². The van der Waals surface area contributed by atoms with E-state index in [0.717, 1.165) is 0 Å². The van der Waals surface area contributed by atoms with E-state index in [1.807, 2.05) is 12.1 Å². The van der Waals surface area contributed by atoms with E-state index in [4.69, 9.17) is 5.11 Å². The molecule has 2 rings (SSSR count). The number of para-hydroxylation sites is 1. The standard InChI is InChI=1S/C6H6O.C6H5.Na/c7-6-4-2-1-3-5-6;1-2-4-6-5-3-1;/h1-5,7H;1-5H;. The molecule has 0 fully saturated rings. The summed E-state index contributed by atoms with van der Waals surface area (Å²) in [6.45, 7) is 0. The molecule has 0 heterocycles. The third-order valence-corrected chi connectivity index (χ3v) is 2.36. The van der Waals surface area contributed by atoms with Crippen molar-refractivity contribution >= 4 is 30.7 Å². The van der Waals surface area contributed by atoms with Gasteiger partial charge in [-0.15, -0.1) is 0 Å². The minimum atomic E-state index is 0.322. The van der Waals surface area contributed by atoms with Gasteiger partial charge in [-0.25, -0.2) is 0 Å². The summed E-state index contributed by atoms with van der Waals surface area (Å²) < 4.78 is 1.46. The van der Waals surface area contributed by atoms with E-state index in [2.05, 4.69) is 24.3 Å². The van der Waals surface area contributed by atoms with E-state index < -0.39 is 0 Å². The molecule has 0 amide bonds. The summed E-state index contributed by atoms with van der Waals surface area (Å²) in [5.41, 5.74) is 0. The van der Waals surface area contributed by atoms with Crippen LogP contribution in [-0.4, -0.2) is 33.0 Å². The van der Waals surface area contributed by atoms with Gasteiger partial charge in [0, 0.05) is 0 Å². The molecular weight excluding hydrogens is 183 g/mol. The van der Waals surface area contributed by atoms with Crippen molar-refractivity contribution in [2.45, 2.75) is 0 Å². The molecule has 0 aliphatic heterocycles. The van der Waals surface area contributed by atoms with Crippen LogP contribution in [0.25, 0.3) is 0 Å². The predicted octanol–water partition coefficient (Wildman–Crippen LogP) is 1.87. The normalized spacial score (nSPS) is 8.71. The van der Waals surface area contributed by atoms with Crippen LogP contribution in [0.1, 0.15) is 0 Å². The van der Waals surface area contributed by atoms with Crippen molar-refractivity contribution in [3.05, 3.63) is 60.7 Å². The maximum absolute atomic E-state index is 8.63. The average molecular weight is 194 g/mol. The summed E-state index contributed by atoms with van der Waals surface area (Å²) in [5, 5.41) is 8.63. The van der Waals surface area contributed by atoms with Gasteiger partial charge in [0.15, 0.2) is 0 Å². The van der Waals surface area contributed by atoms with Crippen LogP contribution in [0.5, 0.6) is 5.75 Å². The summed E-state index contributed by atoms with van der Waals surface area (Å²) in [6.07, 6.45) is 0. The fourth-order valence-corrected chi connectivity index (χ4v) is 1.35. The summed E-state index contributed by atoms with van der Waals surface area (Å²) in [4.78, 5) is 0. The molecule has 1 N–H and O–H groups in total. The van der Waals surface area contributed by atoms with Crippen molar-refractivity contribution in [1.82, 2.24) is 0 Å². The molecule has 0 aliphatic rings. The van der Waals surface area contributed by atoms with Crippen molar-refractivity contribution in [3.8, 4) is 5.75 Å². The van der Waals surface area contributed by atoms with E-state index in [1.165, 1.54) is 30.7 Å². The number of hydrogen-bond donors (Lipinski definition) is 1. The van der Waals surface area contributed by atoms with Crippen molar-refractivity contribution in [1.29, 1.82) is 0 Å². The second-order valence-electron chi connectivity index (χ2n) is 2.99. The molecule has 2 aromatic carbocycles. The Balaban J connectivity index is 0.000000140. The van der Waals surface area contributed by atoms with Crippen LogP contribution in [-0.2, 0) is 0 Å². The van der Waals surface area contributed by atoms with Crippen LogP contribution in [0.2, 0.25) is 0 Å². The van der Waals surface area contributed by atoms with Gasteiger partial charge >= 0.3 is 61.1 Å².